The smallest absolute Gasteiger partial charge is 0.257 e. The summed E-state index contributed by atoms with van der Waals surface area (Å²) in [5.41, 5.74) is 3.11. The number of hydrogen-bond acceptors (Lipinski definition) is 2. The molecule has 0 spiro atoms. The van der Waals surface area contributed by atoms with Gasteiger partial charge in [-0.15, -0.1) is 0 Å². The van der Waals surface area contributed by atoms with Gasteiger partial charge in [0.05, 0.1) is 10.6 Å². The van der Waals surface area contributed by atoms with E-state index < -0.39 is 0 Å². The number of carbonyl (C=O) groups is 2. The minimum atomic E-state index is -0.353. The van der Waals surface area contributed by atoms with Crippen molar-refractivity contribution in [2.24, 2.45) is 0 Å². The van der Waals surface area contributed by atoms with Gasteiger partial charge in [-0.05, 0) is 61.0 Å². The Morgan fingerprint density at radius 3 is 2.19 bits per heavy atom. The van der Waals surface area contributed by atoms with Crippen molar-refractivity contribution in [1.82, 2.24) is 0 Å². The highest BCUT2D eigenvalue weighted by Crippen LogP contribution is 2.22. The van der Waals surface area contributed by atoms with Gasteiger partial charge in [0.15, 0.2) is 0 Å². The summed E-state index contributed by atoms with van der Waals surface area (Å²) >= 11 is 11.9. The van der Waals surface area contributed by atoms with Crippen molar-refractivity contribution >= 4 is 46.4 Å². The van der Waals surface area contributed by atoms with Crippen molar-refractivity contribution in [3.05, 3.63) is 93.5 Å². The molecule has 0 bridgehead atoms. The van der Waals surface area contributed by atoms with E-state index in [1.807, 2.05) is 31.2 Å². The van der Waals surface area contributed by atoms with Gasteiger partial charge in [0.25, 0.3) is 11.8 Å². The summed E-state index contributed by atoms with van der Waals surface area (Å²) in [5.74, 6) is -0.572. The van der Waals surface area contributed by atoms with Gasteiger partial charge in [0, 0.05) is 22.0 Å². The highest BCUT2D eigenvalue weighted by Gasteiger charge is 2.12. The first-order valence-corrected chi connectivity index (χ1v) is 8.93. The van der Waals surface area contributed by atoms with Crippen LogP contribution in [0.15, 0.2) is 66.7 Å². The molecule has 3 rings (SSSR count). The topological polar surface area (TPSA) is 58.2 Å². The van der Waals surface area contributed by atoms with E-state index in [0.717, 1.165) is 11.3 Å². The molecule has 0 aliphatic heterocycles. The van der Waals surface area contributed by atoms with E-state index in [9.17, 15) is 9.59 Å². The molecular formula is C21H16Cl2N2O2. The van der Waals surface area contributed by atoms with Crippen LogP contribution in [-0.4, -0.2) is 11.8 Å². The quantitative estimate of drug-likeness (QED) is 0.582. The maximum absolute atomic E-state index is 12.4. The lowest BCUT2D eigenvalue weighted by molar-refractivity contribution is 0.102. The van der Waals surface area contributed by atoms with Crippen LogP contribution in [0.3, 0.4) is 0 Å². The number of anilines is 2. The molecule has 0 unspecified atom stereocenters. The second kappa shape index (κ2) is 8.25. The molecule has 0 radical (unpaired) electrons. The average Bonchev–Trinajstić information content (AvgIpc) is 2.64. The molecule has 27 heavy (non-hydrogen) atoms. The predicted octanol–water partition coefficient (Wildman–Crippen LogP) is 5.81. The van der Waals surface area contributed by atoms with Crippen LogP contribution in [0.1, 0.15) is 26.3 Å². The number of halogens is 2. The minimum Gasteiger partial charge on any atom is -0.322 e. The average molecular weight is 399 g/mol. The largest absolute Gasteiger partial charge is 0.322 e. The van der Waals surface area contributed by atoms with Crippen molar-refractivity contribution < 1.29 is 9.59 Å². The summed E-state index contributed by atoms with van der Waals surface area (Å²) in [6.45, 7) is 1.93. The lowest BCUT2D eigenvalue weighted by Gasteiger charge is -2.10. The number of para-hydroxylation sites is 1. The SMILES string of the molecule is Cc1ccccc1NC(=O)c1ccc(NC(=O)c2ccc(Cl)cc2Cl)cc1. The van der Waals surface area contributed by atoms with Crippen LogP contribution >= 0.6 is 23.2 Å². The molecule has 2 N–H and O–H groups in total. The van der Waals surface area contributed by atoms with Crippen LogP contribution < -0.4 is 10.6 Å². The molecule has 0 atom stereocenters. The van der Waals surface area contributed by atoms with Gasteiger partial charge in [0.1, 0.15) is 0 Å². The molecule has 2 amide bonds. The van der Waals surface area contributed by atoms with Crippen LogP contribution in [-0.2, 0) is 0 Å². The van der Waals surface area contributed by atoms with E-state index in [2.05, 4.69) is 10.6 Å². The zero-order valence-corrected chi connectivity index (χ0v) is 15.9. The Bertz CT molecular complexity index is 1000. The molecule has 0 saturated carbocycles. The molecule has 0 fully saturated rings. The van der Waals surface area contributed by atoms with Crippen molar-refractivity contribution in [2.45, 2.75) is 6.92 Å². The Morgan fingerprint density at radius 1 is 0.815 bits per heavy atom. The van der Waals surface area contributed by atoms with E-state index in [1.54, 1.807) is 36.4 Å². The van der Waals surface area contributed by atoms with Gasteiger partial charge >= 0.3 is 0 Å². The Kier molecular flexibility index (Phi) is 5.79. The fourth-order valence-corrected chi connectivity index (χ4v) is 2.98. The normalized spacial score (nSPS) is 10.3. The van der Waals surface area contributed by atoms with Crippen LogP contribution in [0.25, 0.3) is 0 Å². The third kappa shape index (κ3) is 4.67. The van der Waals surface area contributed by atoms with Crippen molar-refractivity contribution in [1.29, 1.82) is 0 Å². The van der Waals surface area contributed by atoms with Gasteiger partial charge in [-0.2, -0.15) is 0 Å². The van der Waals surface area contributed by atoms with Gasteiger partial charge in [-0.3, -0.25) is 9.59 Å². The summed E-state index contributed by atoms with van der Waals surface area (Å²) < 4.78 is 0. The summed E-state index contributed by atoms with van der Waals surface area (Å²) in [6.07, 6.45) is 0. The first-order valence-electron chi connectivity index (χ1n) is 8.17. The second-order valence-electron chi connectivity index (χ2n) is 5.92. The Labute approximate surface area is 167 Å². The molecule has 3 aromatic rings. The van der Waals surface area contributed by atoms with Crippen molar-refractivity contribution in [3.63, 3.8) is 0 Å². The number of nitrogens with one attached hydrogen (secondary N) is 2. The third-order valence-corrected chi connectivity index (χ3v) is 4.52. The monoisotopic (exact) mass is 398 g/mol. The van der Waals surface area contributed by atoms with Gasteiger partial charge in [-0.25, -0.2) is 0 Å². The van der Waals surface area contributed by atoms with Crippen LogP contribution in [0.2, 0.25) is 10.0 Å². The Balaban J connectivity index is 1.69. The second-order valence-corrected chi connectivity index (χ2v) is 6.77. The van der Waals surface area contributed by atoms with E-state index in [-0.39, 0.29) is 16.8 Å². The molecule has 6 heteroatoms. The number of hydrogen-bond donors (Lipinski definition) is 2. The van der Waals surface area contributed by atoms with E-state index in [4.69, 9.17) is 23.2 Å². The molecule has 0 aliphatic rings. The molecule has 0 aliphatic carbocycles. The van der Waals surface area contributed by atoms with E-state index in [1.165, 1.54) is 6.07 Å². The van der Waals surface area contributed by atoms with Crippen molar-refractivity contribution in [3.8, 4) is 0 Å². The standard InChI is InChI=1S/C21H16Cl2N2O2/c1-13-4-2-3-5-19(13)25-20(26)14-6-9-16(10-7-14)24-21(27)17-11-8-15(22)12-18(17)23/h2-12H,1H3,(H,24,27)(H,25,26). The number of aryl methyl sites for hydroxylation is 1. The fraction of sp³-hybridized carbons (Fsp3) is 0.0476. The molecule has 136 valence electrons. The minimum absolute atomic E-state index is 0.220. The highest BCUT2D eigenvalue weighted by molar-refractivity contribution is 6.37. The number of amides is 2. The molecule has 0 heterocycles. The molecule has 0 saturated heterocycles. The van der Waals surface area contributed by atoms with Crippen LogP contribution in [0, 0.1) is 6.92 Å². The highest BCUT2D eigenvalue weighted by atomic mass is 35.5. The molecule has 3 aromatic carbocycles. The Hall–Kier alpha value is -2.82. The Morgan fingerprint density at radius 2 is 1.52 bits per heavy atom. The van der Waals surface area contributed by atoms with Gasteiger partial charge in [-0.1, -0.05) is 41.4 Å². The van der Waals surface area contributed by atoms with Crippen LogP contribution in [0.5, 0.6) is 0 Å². The lowest BCUT2D eigenvalue weighted by atomic mass is 10.1. The summed E-state index contributed by atoms with van der Waals surface area (Å²) in [5, 5.41) is 6.35. The van der Waals surface area contributed by atoms with Gasteiger partial charge in [0.2, 0.25) is 0 Å². The maximum Gasteiger partial charge on any atom is 0.257 e. The number of rotatable bonds is 4. The van der Waals surface area contributed by atoms with Crippen molar-refractivity contribution in [2.75, 3.05) is 10.6 Å². The zero-order valence-electron chi connectivity index (χ0n) is 14.4. The summed E-state index contributed by atoms with van der Waals surface area (Å²) in [6, 6.07) is 18.8. The molecule has 4 nitrogen and oxygen atoms in total. The van der Waals surface area contributed by atoms with E-state index >= 15 is 0 Å². The fourth-order valence-electron chi connectivity index (χ4n) is 2.48. The number of carbonyl (C=O) groups excluding carboxylic acids is 2. The molecular weight excluding hydrogens is 383 g/mol. The first-order chi connectivity index (χ1) is 12.9. The third-order valence-electron chi connectivity index (χ3n) is 3.97. The maximum atomic E-state index is 12.4. The van der Waals surface area contributed by atoms with Gasteiger partial charge < -0.3 is 10.6 Å². The van der Waals surface area contributed by atoms with E-state index in [0.29, 0.717) is 21.8 Å². The summed E-state index contributed by atoms with van der Waals surface area (Å²) in [4.78, 5) is 24.7. The summed E-state index contributed by atoms with van der Waals surface area (Å²) in [7, 11) is 0. The van der Waals surface area contributed by atoms with Crippen LogP contribution in [0.4, 0.5) is 11.4 Å². The zero-order chi connectivity index (χ0) is 19.4. The molecule has 0 aromatic heterocycles. The first kappa shape index (κ1) is 19.0. The number of benzene rings is 3. The lowest BCUT2D eigenvalue weighted by Crippen LogP contribution is -2.14. The predicted molar refractivity (Wildman–Crippen MR) is 110 cm³/mol.